The summed E-state index contributed by atoms with van der Waals surface area (Å²) in [4.78, 5) is 29.0. The predicted molar refractivity (Wildman–Crippen MR) is 141 cm³/mol. The van der Waals surface area contributed by atoms with Crippen LogP contribution in [0.3, 0.4) is 0 Å². The molecular formula is C28H33N5O3. The Morgan fingerprint density at radius 1 is 0.833 bits per heavy atom. The van der Waals surface area contributed by atoms with Crippen molar-refractivity contribution < 1.29 is 14.3 Å². The van der Waals surface area contributed by atoms with E-state index in [1.165, 1.54) is 5.69 Å². The van der Waals surface area contributed by atoms with Gasteiger partial charge in [-0.25, -0.2) is 9.97 Å². The third-order valence-corrected chi connectivity index (χ3v) is 7.16. The molecule has 2 fully saturated rings. The summed E-state index contributed by atoms with van der Waals surface area (Å²) in [5, 5.41) is 0. The highest BCUT2D eigenvalue weighted by Crippen LogP contribution is 2.28. The summed E-state index contributed by atoms with van der Waals surface area (Å²) in [6.07, 6.45) is 3.51. The monoisotopic (exact) mass is 487 g/mol. The van der Waals surface area contributed by atoms with Crippen LogP contribution < -0.4 is 19.3 Å². The van der Waals surface area contributed by atoms with Crippen LogP contribution in [0.2, 0.25) is 0 Å². The van der Waals surface area contributed by atoms with Crippen LogP contribution in [0.4, 0.5) is 11.5 Å². The largest absolute Gasteiger partial charge is 0.497 e. The lowest BCUT2D eigenvalue weighted by Gasteiger charge is -2.40. The van der Waals surface area contributed by atoms with Crippen molar-refractivity contribution in [2.45, 2.75) is 12.8 Å². The number of piperidine rings is 1. The van der Waals surface area contributed by atoms with Gasteiger partial charge in [0, 0.05) is 56.6 Å². The Hall–Kier alpha value is -3.81. The van der Waals surface area contributed by atoms with Gasteiger partial charge in [-0.3, -0.25) is 4.79 Å². The minimum absolute atomic E-state index is 0.00862. The van der Waals surface area contributed by atoms with Crippen molar-refractivity contribution in [3.05, 3.63) is 60.9 Å². The molecule has 2 aliphatic rings. The summed E-state index contributed by atoms with van der Waals surface area (Å²) in [6.45, 7) is 4.76. The molecule has 8 nitrogen and oxygen atoms in total. The number of ether oxygens (including phenoxy) is 2. The number of piperazine rings is 1. The van der Waals surface area contributed by atoms with Crippen molar-refractivity contribution >= 4 is 17.4 Å². The highest BCUT2D eigenvalue weighted by Gasteiger charge is 2.31. The van der Waals surface area contributed by atoms with Gasteiger partial charge in [0.15, 0.2) is 0 Å². The summed E-state index contributed by atoms with van der Waals surface area (Å²) in [6, 6.07) is 18.0. The van der Waals surface area contributed by atoms with E-state index in [1.807, 2.05) is 47.4 Å². The van der Waals surface area contributed by atoms with E-state index < -0.39 is 0 Å². The Balaban J connectivity index is 1.20. The number of carbonyl (C=O) groups excluding carboxylic acids is 1. The van der Waals surface area contributed by atoms with E-state index in [2.05, 4.69) is 31.9 Å². The molecule has 0 saturated carbocycles. The molecule has 3 aromatic rings. The average Bonchev–Trinajstić information content (AvgIpc) is 2.97. The summed E-state index contributed by atoms with van der Waals surface area (Å²) in [5.41, 5.74) is 3.05. The Morgan fingerprint density at radius 2 is 1.50 bits per heavy atom. The van der Waals surface area contributed by atoms with Gasteiger partial charge in [-0.2, -0.15) is 0 Å². The quantitative estimate of drug-likeness (QED) is 0.525. The molecule has 0 radical (unpaired) electrons. The van der Waals surface area contributed by atoms with Crippen LogP contribution in [0.5, 0.6) is 11.5 Å². The molecule has 2 saturated heterocycles. The highest BCUT2D eigenvalue weighted by atomic mass is 16.5. The number of aromatic nitrogens is 2. The van der Waals surface area contributed by atoms with E-state index in [1.54, 1.807) is 20.5 Å². The molecule has 1 atom stereocenters. The van der Waals surface area contributed by atoms with Crippen LogP contribution in [0.15, 0.2) is 60.9 Å². The van der Waals surface area contributed by atoms with E-state index >= 15 is 0 Å². The molecule has 5 rings (SSSR count). The standard InChI is InChI=1S/C28H33N5O3/c1-35-24-9-5-21(6-10-24)26-18-27(30-20-29-26)33-13-3-4-22(19-33)28(34)32-16-14-31(15-17-32)23-7-11-25(36-2)12-8-23/h5-12,18,20,22H,3-4,13-17,19H2,1-2H3. The third kappa shape index (κ3) is 5.22. The number of methoxy groups -OCH3 is 2. The van der Waals surface area contributed by atoms with E-state index in [0.717, 1.165) is 74.1 Å². The lowest BCUT2D eigenvalue weighted by Crippen LogP contribution is -2.52. The van der Waals surface area contributed by atoms with Gasteiger partial charge < -0.3 is 24.2 Å². The smallest absolute Gasteiger partial charge is 0.227 e. The van der Waals surface area contributed by atoms with Crippen LogP contribution in [0, 0.1) is 5.92 Å². The second kappa shape index (κ2) is 10.8. The number of benzene rings is 2. The minimum atomic E-state index is -0.00862. The van der Waals surface area contributed by atoms with Crippen LogP contribution in [-0.2, 0) is 4.79 Å². The van der Waals surface area contributed by atoms with E-state index in [-0.39, 0.29) is 11.8 Å². The topological polar surface area (TPSA) is 71.0 Å². The van der Waals surface area contributed by atoms with Crippen molar-refractivity contribution in [2.75, 3.05) is 63.3 Å². The number of anilines is 2. The predicted octanol–water partition coefficient (Wildman–Crippen LogP) is 3.73. The molecule has 188 valence electrons. The second-order valence-electron chi connectivity index (χ2n) is 9.29. The highest BCUT2D eigenvalue weighted by molar-refractivity contribution is 5.80. The fraction of sp³-hybridized carbons (Fsp3) is 0.393. The normalized spacial score (nSPS) is 18.2. The molecule has 1 aromatic heterocycles. The lowest BCUT2D eigenvalue weighted by atomic mass is 9.96. The summed E-state index contributed by atoms with van der Waals surface area (Å²) < 4.78 is 10.5. The van der Waals surface area contributed by atoms with Gasteiger partial charge in [0.2, 0.25) is 5.91 Å². The SMILES string of the molecule is COc1ccc(-c2cc(N3CCCC(C(=O)N4CCN(c5ccc(OC)cc5)CC4)C3)ncn2)cc1. The van der Waals surface area contributed by atoms with Gasteiger partial charge in [0.25, 0.3) is 0 Å². The molecule has 0 bridgehead atoms. The van der Waals surface area contributed by atoms with Gasteiger partial charge in [0.1, 0.15) is 23.6 Å². The molecule has 1 unspecified atom stereocenters. The molecular weight excluding hydrogens is 454 g/mol. The van der Waals surface area contributed by atoms with Gasteiger partial charge >= 0.3 is 0 Å². The fourth-order valence-corrected chi connectivity index (χ4v) is 5.06. The Kier molecular flexibility index (Phi) is 7.21. The molecule has 1 amide bonds. The molecule has 8 heteroatoms. The van der Waals surface area contributed by atoms with Crippen molar-refractivity contribution in [3.8, 4) is 22.8 Å². The zero-order chi connectivity index (χ0) is 24.9. The van der Waals surface area contributed by atoms with Crippen molar-refractivity contribution in [1.29, 1.82) is 0 Å². The number of amides is 1. The van der Waals surface area contributed by atoms with Crippen LogP contribution in [0.1, 0.15) is 12.8 Å². The van der Waals surface area contributed by atoms with E-state index in [4.69, 9.17) is 9.47 Å². The maximum atomic E-state index is 13.4. The second-order valence-corrected chi connectivity index (χ2v) is 9.29. The van der Waals surface area contributed by atoms with Gasteiger partial charge in [0.05, 0.1) is 25.8 Å². The molecule has 36 heavy (non-hydrogen) atoms. The lowest BCUT2D eigenvalue weighted by molar-refractivity contribution is -0.136. The van der Waals surface area contributed by atoms with E-state index in [0.29, 0.717) is 6.54 Å². The van der Waals surface area contributed by atoms with Gasteiger partial charge in [-0.1, -0.05) is 0 Å². The first-order chi connectivity index (χ1) is 17.6. The van der Waals surface area contributed by atoms with Gasteiger partial charge in [-0.15, -0.1) is 0 Å². The van der Waals surface area contributed by atoms with E-state index in [9.17, 15) is 4.79 Å². The van der Waals surface area contributed by atoms with Gasteiger partial charge in [-0.05, 0) is 61.4 Å². The fourth-order valence-electron chi connectivity index (χ4n) is 5.06. The molecule has 0 N–H and O–H groups in total. The third-order valence-electron chi connectivity index (χ3n) is 7.16. The Labute approximate surface area is 212 Å². The molecule has 2 aromatic carbocycles. The molecule has 0 spiro atoms. The Morgan fingerprint density at radius 3 is 2.17 bits per heavy atom. The average molecular weight is 488 g/mol. The summed E-state index contributed by atoms with van der Waals surface area (Å²) in [7, 11) is 3.34. The zero-order valence-electron chi connectivity index (χ0n) is 21.0. The minimum Gasteiger partial charge on any atom is -0.497 e. The van der Waals surface area contributed by atoms with Crippen LogP contribution >= 0.6 is 0 Å². The number of carbonyl (C=O) groups is 1. The van der Waals surface area contributed by atoms with Crippen molar-refractivity contribution in [3.63, 3.8) is 0 Å². The summed E-state index contributed by atoms with van der Waals surface area (Å²) in [5.74, 6) is 2.80. The van der Waals surface area contributed by atoms with Crippen LogP contribution in [0.25, 0.3) is 11.3 Å². The molecule has 2 aliphatic heterocycles. The number of hydrogen-bond acceptors (Lipinski definition) is 7. The van der Waals surface area contributed by atoms with Crippen molar-refractivity contribution in [2.24, 2.45) is 5.92 Å². The number of rotatable bonds is 6. The van der Waals surface area contributed by atoms with Crippen LogP contribution in [-0.4, -0.2) is 74.3 Å². The molecule has 0 aliphatic carbocycles. The number of nitrogens with zero attached hydrogens (tertiary/aromatic N) is 5. The first-order valence-corrected chi connectivity index (χ1v) is 12.5. The summed E-state index contributed by atoms with van der Waals surface area (Å²) >= 11 is 0. The zero-order valence-corrected chi connectivity index (χ0v) is 21.0. The first kappa shape index (κ1) is 23.9. The maximum Gasteiger partial charge on any atom is 0.227 e. The number of hydrogen-bond donors (Lipinski definition) is 0. The maximum absolute atomic E-state index is 13.4. The molecule has 3 heterocycles. The van der Waals surface area contributed by atoms with Crippen molar-refractivity contribution in [1.82, 2.24) is 14.9 Å². The Bertz CT molecular complexity index is 1160. The first-order valence-electron chi connectivity index (χ1n) is 12.5.